The van der Waals surface area contributed by atoms with E-state index < -0.39 is 6.10 Å². The summed E-state index contributed by atoms with van der Waals surface area (Å²) in [6, 6.07) is 21.5. The standard InChI is InChI=1S/C24H23NO3/c1-16-7-11-18(12-8-16)22(26)15-25-24(28)21-6-4-3-5-20(21)23(27)19-13-9-17(2)10-14-19/h3-14,22,26H,15H2,1-2H3,(H,25,28). The van der Waals surface area contributed by atoms with E-state index >= 15 is 0 Å². The van der Waals surface area contributed by atoms with E-state index in [9.17, 15) is 14.7 Å². The minimum atomic E-state index is -0.815. The SMILES string of the molecule is Cc1ccc(C(=O)c2ccccc2C(=O)NCC(O)c2ccc(C)cc2)cc1. The van der Waals surface area contributed by atoms with Gasteiger partial charge in [0.1, 0.15) is 0 Å². The Balaban J connectivity index is 1.74. The number of rotatable bonds is 6. The number of benzene rings is 3. The summed E-state index contributed by atoms with van der Waals surface area (Å²) in [5.74, 6) is -0.591. The monoisotopic (exact) mass is 373 g/mol. The zero-order valence-corrected chi connectivity index (χ0v) is 16.0. The van der Waals surface area contributed by atoms with Crippen LogP contribution in [0, 0.1) is 13.8 Å². The minimum Gasteiger partial charge on any atom is -0.387 e. The molecule has 0 saturated carbocycles. The number of carbonyl (C=O) groups excluding carboxylic acids is 2. The third-order valence-corrected chi connectivity index (χ3v) is 4.65. The maximum absolute atomic E-state index is 12.8. The molecule has 0 saturated heterocycles. The molecule has 0 bridgehead atoms. The lowest BCUT2D eigenvalue weighted by molar-refractivity contribution is 0.0908. The summed E-state index contributed by atoms with van der Waals surface area (Å²) >= 11 is 0. The number of hydrogen-bond donors (Lipinski definition) is 2. The van der Waals surface area contributed by atoms with Gasteiger partial charge >= 0.3 is 0 Å². The van der Waals surface area contributed by atoms with Gasteiger partial charge in [0.15, 0.2) is 5.78 Å². The molecule has 28 heavy (non-hydrogen) atoms. The highest BCUT2D eigenvalue weighted by Crippen LogP contribution is 2.17. The van der Waals surface area contributed by atoms with E-state index in [0.29, 0.717) is 16.7 Å². The first-order valence-corrected chi connectivity index (χ1v) is 9.19. The first-order chi connectivity index (χ1) is 13.5. The molecule has 4 heteroatoms. The predicted octanol–water partition coefficient (Wildman–Crippen LogP) is 4.00. The van der Waals surface area contributed by atoms with Gasteiger partial charge in [-0.05, 0) is 25.5 Å². The Morgan fingerprint density at radius 1 is 0.821 bits per heavy atom. The Bertz CT molecular complexity index is 975. The van der Waals surface area contributed by atoms with Crippen LogP contribution in [0.25, 0.3) is 0 Å². The summed E-state index contributed by atoms with van der Waals surface area (Å²) in [6.45, 7) is 3.99. The number of amides is 1. The summed E-state index contributed by atoms with van der Waals surface area (Å²) in [5, 5.41) is 13.0. The van der Waals surface area contributed by atoms with Crippen LogP contribution in [0.15, 0.2) is 72.8 Å². The number of nitrogens with one attached hydrogen (secondary N) is 1. The van der Waals surface area contributed by atoms with Crippen molar-refractivity contribution in [3.63, 3.8) is 0 Å². The van der Waals surface area contributed by atoms with E-state index in [-0.39, 0.29) is 18.2 Å². The van der Waals surface area contributed by atoms with Crippen molar-refractivity contribution in [1.29, 1.82) is 0 Å². The average molecular weight is 373 g/mol. The molecule has 4 nitrogen and oxygen atoms in total. The summed E-state index contributed by atoms with van der Waals surface area (Å²) in [4.78, 5) is 25.5. The zero-order chi connectivity index (χ0) is 20.1. The van der Waals surface area contributed by atoms with Crippen LogP contribution in [0.4, 0.5) is 0 Å². The second-order valence-corrected chi connectivity index (χ2v) is 6.88. The Morgan fingerprint density at radius 3 is 1.96 bits per heavy atom. The second-order valence-electron chi connectivity index (χ2n) is 6.88. The van der Waals surface area contributed by atoms with Crippen molar-refractivity contribution in [1.82, 2.24) is 5.32 Å². The van der Waals surface area contributed by atoms with Gasteiger partial charge in [-0.3, -0.25) is 9.59 Å². The fourth-order valence-electron chi connectivity index (χ4n) is 2.93. The van der Waals surface area contributed by atoms with Crippen molar-refractivity contribution in [2.75, 3.05) is 6.54 Å². The molecule has 1 unspecified atom stereocenters. The van der Waals surface area contributed by atoms with Gasteiger partial charge in [-0.25, -0.2) is 0 Å². The van der Waals surface area contributed by atoms with E-state index in [1.165, 1.54) is 0 Å². The highest BCUT2D eigenvalue weighted by atomic mass is 16.3. The normalized spacial score (nSPS) is 11.7. The summed E-state index contributed by atoms with van der Waals surface area (Å²) in [7, 11) is 0. The van der Waals surface area contributed by atoms with Crippen molar-refractivity contribution < 1.29 is 14.7 Å². The molecule has 0 aliphatic carbocycles. The molecule has 0 fully saturated rings. The van der Waals surface area contributed by atoms with Crippen LogP contribution in [0.3, 0.4) is 0 Å². The molecule has 142 valence electrons. The van der Waals surface area contributed by atoms with Crippen LogP contribution < -0.4 is 5.32 Å². The molecule has 3 aromatic carbocycles. The first kappa shape index (κ1) is 19.5. The maximum atomic E-state index is 12.8. The van der Waals surface area contributed by atoms with Gasteiger partial charge in [0.2, 0.25) is 0 Å². The predicted molar refractivity (Wildman–Crippen MR) is 110 cm³/mol. The minimum absolute atomic E-state index is 0.0644. The summed E-state index contributed by atoms with van der Waals surface area (Å²) in [6.07, 6.45) is -0.815. The number of ketones is 1. The highest BCUT2D eigenvalue weighted by Gasteiger charge is 2.19. The van der Waals surface area contributed by atoms with Crippen LogP contribution >= 0.6 is 0 Å². The lowest BCUT2D eigenvalue weighted by Gasteiger charge is -2.14. The van der Waals surface area contributed by atoms with E-state index in [4.69, 9.17) is 0 Å². The van der Waals surface area contributed by atoms with Gasteiger partial charge in [0.25, 0.3) is 5.91 Å². The van der Waals surface area contributed by atoms with Crippen LogP contribution in [0.1, 0.15) is 49.1 Å². The molecule has 2 N–H and O–H groups in total. The number of hydrogen-bond acceptors (Lipinski definition) is 3. The summed E-state index contributed by atoms with van der Waals surface area (Å²) < 4.78 is 0. The molecule has 3 rings (SSSR count). The Labute approximate surface area is 164 Å². The lowest BCUT2D eigenvalue weighted by Crippen LogP contribution is -2.29. The van der Waals surface area contributed by atoms with Crippen LogP contribution in [-0.4, -0.2) is 23.3 Å². The summed E-state index contributed by atoms with van der Waals surface area (Å²) in [5.41, 5.74) is 4.06. The number of aryl methyl sites for hydroxylation is 2. The van der Waals surface area contributed by atoms with E-state index in [0.717, 1.165) is 16.7 Å². The quantitative estimate of drug-likeness (QED) is 0.642. The molecule has 0 aromatic heterocycles. The Kier molecular flexibility index (Phi) is 6.02. The topological polar surface area (TPSA) is 66.4 Å². The van der Waals surface area contributed by atoms with Gasteiger partial charge in [0, 0.05) is 17.7 Å². The number of aliphatic hydroxyl groups excluding tert-OH is 1. The molecule has 0 aliphatic rings. The van der Waals surface area contributed by atoms with Crippen molar-refractivity contribution in [3.8, 4) is 0 Å². The average Bonchev–Trinajstić information content (AvgIpc) is 2.72. The molecular weight excluding hydrogens is 350 g/mol. The molecule has 1 amide bonds. The van der Waals surface area contributed by atoms with Gasteiger partial charge < -0.3 is 10.4 Å². The maximum Gasteiger partial charge on any atom is 0.252 e. The number of carbonyl (C=O) groups is 2. The smallest absolute Gasteiger partial charge is 0.252 e. The van der Waals surface area contributed by atoms with E-state index in [1.54, 1.807) is 36.4 Å². The molecule has 3 aromatic rings. The molecule has 0 aliphatic heterocycles. The molecular formula is C24H23NO3. The van der Waals surface area contributed by atoms with Crippen LogP contribution in [0.5, 0.6) is 0 Å². The van der Waals surface area contributed by atoms with Crippen molar-refractivity contribution in [3.05, 3.63) is 106 Å². The van der Waals surface area contributed by atoms with Crippen molar-refractivity contribution >= 4 is 11.7 Å². The zero-order valence-electron chi connectivity index (χ0n) is 16.0. The Morgan fingerprint density at radius 2 is 1.36 bits per heavy atom. The highest BCUT2D eigenvalue weighted by molar-refractivity contribution is 6.15. The van der Waals surface area contributed by atoms with Crippen LogP contribution in [-0.2, 0) is 0 Å². The van der Waals surface area contributed by atoms with Gasteiger partial charge in [0.05, 0.1) is 11.7 Å². The molecule has 0 spiro atoms. The van der Waals surface area contributed by atoms with E-state index in [2.05, 4.69) is 5.32 Å². The molecule has 0 heterocycles. The Hall–Kier alpha value is -3.24. The van der Waals surface area contributed by atoms with Gasteiger partial charge in [-0.15, -0.1) is 0 Å². The van der Waals surface area contributed by atoms with Gasteiger partial charge in [-0.1, -0.05) is 77.9 Å². The third-order valence-electron chi connectivity index (χ3n) is 4.65. The largest absolute Gasteiger partial charge is 0.387 e. The van der Waals surface area contributed by atoms with Crippen molar-refractivity contribution in [2.24, 2.45) is 0 Å². The van der Waals surface area contributed by atoms with Crippen molar-refractivity contribution in [2.45, 2.75) is 20.0 Å². The fraction of sp³-hybridized carbons (Fsp3) is 0.167. The first-order valence-electron chi connectivity index (χ1n) is 9.19. The fourth-order valence-corrected chi connectivity index (χ4v) is 2.93. The molecule has 1 atom stereocenters. The number of aliphatic hydroxyl groups is 1. The molecule has 0 radical (unpaired) electrons. The van der Waals surface area contributed by atoms with Crippen LogP contribution in [0.2, 0.25) is 0 Å². The second kappa shape index (κ2) is 8.63. The van der Waals surface area contributed by atoms with E-state index in [1.807, 2.05) is 50.2 Å². The third kappa shape index (κ3) is 4.53. The lowest BCUT2D eigenvalue weighted by atomic mass is 9.97. The van der Waals surface area contributed by atoms with Gasteiger partial charge in [-0.2, -0.15) is 0 Å².